The highest BCUT2D eigenvalue weighted by Gasteiger charge is 2.39. The van der Waals surface area contributed by atoms with Crippen LogP contribution in [0, 0.1) is 5.41 Å². The lowest BCUT2D eigenvalue weighted by Gasteiger charge is -2.36. The number of hydrogen-bond acceptors (Lipinski definition) is 2. The number of fused-ring (bicyclic) bond motifs is 1. The van der Waals surface area contributed by atoms with Gasteiger partial charge in [-0.2, -0.15) is 0 Å². The molecule has 0 spiro atoms. The van der Waals surface area contributed by atoms with Crippen LogP contribution in [0.5, 0.6) is 0 Å². The van der Waals surface area contributed by atoms with Crippen LogP contribution in [0.3, 0.4) is 0 Å². The number of nitrogens with one attached hydrogen (secondary N) is 2. The van der Waals surface area contributed by atoms with Gasteiger partial charge in [0, 0.05) is 6.04 Å². The summed E-state index contributed by atoms with van der Waals surface area (Å²) in [6.07, 6.45) is 4.85. The minimum Gasteiger partial charge on any atom is -0.352 e. The zero-order valence-corrected chi connectivity index (χ0v) is 12.2. The Morgan fingerprint density at radius 3 is 2.40 bits per heavy atom. The van der Waals surface area contributed by atoms with E-state index in [2.05, 4.69) is 41.8 Å². The monoisotopic (exact) mass is 272 g/mol. The van der Waals surface area contributed by atoms with E-state index in [0.717, 1.165) is 45.2 Å². The lowest BCUT2D eigenvalue weighted by atomic mass is 9.75. The topological polar surface area (TPSA) is 41.1 Å². The molecule has 1 amide bonds. The Labute approximate surface area is 121 Å². The normalized spacial score (nSPS) is 21.4. The van der Waals surface area contributed by atoms with Crippen LogP contribution in [0.25, 0.3) is 0 Å². The van der Waals surface area contributed by atoms with Crippen LogP contribution in [0.4, 0.5) is 0 Å². The first kappa shape index (κ1) is 13.6. The summed E-state index contributed by atoms with van der Waals surface area (Å²) in [5.74, 6) is 0.277. The average Bonchev–Trinajstić information content (AvgIpc) is 2.90. The second-order valence-corrected chi connectivity index (χ2v) is 6.23. The van der Waals surface area contributed by atoms with Gasteiger partial charge in [-0.1, -0.05) is 31.2 Å². The Balaban J connectivity index is 1.65. The first-order valence-electron chi connectivity index (χ1n) is 7.82. The van der Waals surface area contributed by atoms with Crippen LogP contribution in [-0.2, 0) is 17.6 Å². The summed E-state index contributed by atoms with van der Waals surface area (Å²) in [5, 5.41) is 6.68. The zero-order valence-electron chi connectivity index (χ0n) is 12.2. The Morgan fingerprint density at radius 1 is 1.25 bits per heavy atom. The Bertz CT molecular complexity index is 467. The number of carbonyl (C=O) groups is 1. The number of amides is 1. The molecule has 0 aromatic heterocycles. The Hall–Kier alpha value is -1.35. The fourth-order valence-corrected chi connectivity index (χ4v) is 3.65. The first-order chi connectivity index (χ1) is 9.73. The average molecular weight is 272 g/mol. The van der Waals surface area contributed by atoms with Gasteiger partial charge in [0.1, 0.15) is 0 Å². The summed E-state index contributed by atoms with van der Waals surface area (Å²) in [5.41, 5.74) is 2.65. The van der Waals surface area contributed by atoms with Crippen LogP contribution in [-0.4, -0.2) is 25.0 Å². The third-order valence-electron chi connectivity index (χ3n) is 5.11. The maximum Gasteiger partial charge on any atom is 0.226 e. The lowest BCUT2D eigenvalue weighted by molar-refractivity contribution is -0.133. The number of piperidine rings is 1. The molecule has 1 saturated heterocycles. The van der Waals surface area contributed by atoms with Crippen molar-refractivity contribution < 1.29 is 4.79 Å². The van der Waals surface area contributed by atoms with Gasteiger partial charge in [0.15, 0.2) is 0 Å². The number of benzene rings is 1. The second-order valence-electron chi connectivity index (χ2n) is 6.23. The van der Waals surface area contributed by atoms with E-state index in [0.29, 0.717) is 6.04 Å². The van der Waals surface area contributed by atoms with Crippen molar-refractivity contribution in [3.63, 3.8) is 0 Å². The van der Waals surface area contributed by atoms with E-state index in [-0.39, 0.29) is 11.3 Å². The van der Waals surface area contributed by atoms with Crippen molar-refractivity contribution in [1.29, 1.82) is 0 Å². The lowest BCUT2D eigenvalue weighted by Crippen LogP contribution is -2.50. The smallest absolute Gasteiger partial charge is 0.226 e. The molecule has 2 N–H and O–H groups in total. The largest absolute Gasteiger partial charge is 0.352 e. The molecule has 108 valence electrons. The zero-order chi connectivity index (χ0) is 14.0. The summed E-state index contributed by atoms with van der Waals surface area (Å²) in [6.45, 7) is 4.08. The summed E-state index contributed by atoms with van der Waals surface area (Å²) >= 11 is 0. The van der Waals surface area contributed by atoms with Crippen LogP contribution in [0.1, 0.15) is 37.3 Å². The van der Waals surface area contributed by atoms with Gasteiger partial charge in [0.05, 0.1) is 5.41 Å². The van der Waals surface area contributed by atoms with Crippen molar-refractivity contribution in [3.8, 4) is 0 Å². The van der Waals surface area contributed by atoms with Gasteiger partial charge in [-0.05, 0) is 56.3 Å². The maximum atomic E-state index is 12.7. The van der Waals surface area contributed by atoms with Crippen molar-refractivity contribution in [3.05, 3.63) is 35.4 Å². The molecule has 0 radical (unpaired) electrons. The molecule has 0 saturated carbocycles. The van der Waals surface area contributed by atoms with E-state index in [1.165, 1.54) is 11.1 Å². The fourth-order valence-electron chi connectivity index (χ4n) is 3.65. The molecule has 1 aromatic carbocycles. The van der Waals surface area contributed by atoms with E-state index in [4.69, 9.17) is 0 Å². The third kappa shape index (κ3) is 2.47. The van der Waals surface area contributed by atoms with Gasteiger partial charge in [-0.25, -0.2) is 0 Å². The number of hydrogen-bond donors (Lipinski definition) is 2. The molecule has 1 aromatic rings. The predicted molar refractivity (Wildman–Crippen MR) is 80.6 cm³/mol. The minimum atomic E-state index is -0.139. The second kappa shape index (κ2) is 5.57. The molecule has 1 fully saturated rings. The first-order valence-corrected chi connectivity index (χ1v) is 7.82. The molecule has 1 aliphatic carbocycles. The van der Waals surface area contributed by atoms with Crippen molar-refractivity contribution in [1.82, 2.24) is 10.6 Å². The van der Waals surface area contributed by atoms with Gasteiger partial charge < -0.3 is 10.6 Å². The highest BCUT2D eigenvalue weighted by atomic mass is 16.2. The molecule has 0 bridgehead atoms. The quantitative estimate of drug-likeness (QED) is 0.884. The van der Waals surface area contributed by atoms with Gasteiger partial charge in [-0.3, -0.25) is 4.79 Å². The summed E-state index contributed by atoms with van der Waals surface area (Å²) in [4.78, 5) is 12.7. The van der Waals surface area contributed by atoms with Crippen LogP contribution >= 0.6 is 0 Å². The van der Waals surface area contributed by atoms with E-state index in [1.807, 2.05) is 0 Å². The summed E-state index contributed by atoms with van der Waals surface area (Å²) in [6, 6.07) is 8.83. The third-order valence-corrected chi connectivity index (χ3v) is 5.11. The number of rotatable bonds is 3. The van der Waals surface area contributed by atoms with Gasteiger partial charge in [0.25, 0.3) is 0 Å². The molecule has 1 heterocycles. The molecule has 3 heteroatoms. The molecule has 20 heavy (non-hydrogen) atoms. The molecular weight excluding hydrogens is 248 g/mol. The van der Waals surface area contributed by atoms with E-state index < -0.39 is 0 Å². The fraction of sp³-hybridized carbons (Fsp3) is 0.588. The molecule has 2 aliphatic rings. The highest BCUT2D eigenvalue weighted by molar-refractivity contribution is 5.83. The van der Waals surface area contributed by atoms with Crippen LogP contribution in [0.15, 0.2) is 24.3 Å². The van der Waals surface area contributed by atoms with Crippen molar-refractivity contribution in [2.45, 2.75) is 45.1 Å². The SMILES string of the molecule is CCC1(C(=O)NC2Cc3ccccc3C2)CCNCC1. The van der Waals surface area contributed by atoms with Gasteiger partial charge in [0.2, 0.25) is 5.91 Å². The van der Waals surface area contributed by atoms with Crippen molar-refractivity contribution >= 4 is 5.91 Å². The maximum absolute atomic E-state index is 12.7. The Kier molecular flexibility index (Phi) is 3.79. The standard InChI is InChI=1S/C17H24N2O/c1-2-17(7-9-18-10-8-17)16(20)19-15-11-13-5-3-4-6-14(13)12-15/h3-6,15,18H,2,7-12H2,1H3,(H,19,20). The molecule has 0 unspecified atom stereocenters. The van der Waals surface area contributed by atoms with Crippen LogP contribution < -0.4 is 10.6 Å². The van der Waals surface area contributed by atoms with E-state index in [1.54, 1.807) is 0 Å². The van der Waals surface area contributed by atoms with Gasteiger partial charge >= 0.3 is 0 Å². The highest BCUT2D eigenvalue weighted by Crippen LogP contribution is 2.33. The molecule has 1 aliphatic heterocycles. The van der Waals surface area contributed by atoms with Crippen molar-refractivity contribution in [2.24, 2.45) is 5.41 Å². The molecule has 3 rings (SSSR count). The van der Waals surface area contributed by atoms with E-state index >= 15 is 0 Å². The molecule has 0 atom stereocenters. The Morgan fingerprint density at radius 2 is 1.85 bits per heavy atom. The summed E-state index contributed by atoms with van der Waals surface area (Å²) < 4.78 is 0. The van der Waals surface area contributed by atoms with Gasteiger partial charge in [-0.15, -0.1) is 0 Å². The predicted octanol–water partition coefficient (Wildman–Crippen LogP) is 2.05. The molecule has 3 nitrogen and oxygen atoms in total. The van der Waals surface area contributed by atoms with E-state index in [9.17, 15) is 4.79 Å². The minimum absolute atomic E-state index is 0.139. The number of carbonyl (C=O) groups excluding carboxylic acids is 1. The van der Waals surface area contributed by atoms with Crippen molar-refractivity contribution in [2.75, 3.05) is 13.1 Å². The summed E-state index contributed by atoms with van der Waals surface area (Å²) in [7, 11) is 0. The van der Waals surface area contributed by atoms with Crippen LogP contribution in [0.2, 0.25) is 0 Å². The molecular formula is C17H24N2O.